The van der Waals surface area contributed by atoms with E-state index in [1.165, 1.54) is 18.5 Å². The van der Waals surface area contributed by atoms with E-state index in [1.54, 1.807) is 23.0 Å². The number of ether oxygens (including phenoxy) is 1. The molecule has 0 spiro atoms. The maximum atomic E-state index is 13.8. The molecule has 0 saturated carbocycles. The minimum absolute atomic E-state index is 0.316. The number of rotatable bonds is 8. The van der Waals surface area contributed by atoms with Crippen LogP contribution in [0.15, 0.2) is 48.9 Å². The molecule has 0 N–H and O–H groups in total. The zero-order chi connectivity index (χ0) is 23.5. The first-order chi connectivity index (χ1) is 16.6. The van der Waals surface area contributed by atoms with Crippen LogP contribution in [0.2, 0.25) is 0 Å². The standard InChI is InChI=1S/C25H26FN7O/c1-3-12-34-19-10-11-27-22(14-19)24-30-21-9-5-8-20(21)25(31-24)32(2)15-23-28-16-29-33(23)18-7-4-6-17(26)13-18/h4,6-7,10-11,13-14,16H,3,5,8-9,12,15H2,1-2H3. The summed E-state index contributed by atoms with van der Waals surface area (Å²) in [6, 6.07) is 10.1. The molecule has 0 amide bonds. The lowest BCUT2D eigenvalue weighted by Gasteiger charge is -2.21. The molecule has 174 valence electrons. The van der Waals surface area contributed by atoms with Gasteiger partial charge in [-0.05, 0) is 49.9 Å². The van der Waals surface area contributed by atoms with E-state index < -0.39 is 0 Å². The van der Waals surface area contributed by atoms with E-state index in [-0.39, 0.29) is 5.82 Å². The van der Waals surface area contributed by atoms with Crippen LogP contribution in [0, 0.1) is 5.82 Å². The van der Waals surface area contributed by atoms with Crippen LogP contribution in [-0.4, -0.2) is 43.4 Å². The third-order valence-electron chi connectivity index (χ3n) is 5.76. The van der Waals surface area contributed by atoms with E-state index in [2.05, 4.69) is 22.0 Å². The molecule has 3 aromatic heterocycles. The van der Waals surface area contributed by atoms with Gasteiger partial charge < -0.3 is 9.64 Å². The highest BCUT2D eigenvalue weighted by Gasteiger charge is 2.23. The van der Waals surface area contributed by atoms with Crippen LogP contribution in [0.5, 0.6) is 5.75 Å². The highest BCUT2D eigenvalue weighted by Crippen LogP contribution is 2.32. The molecule has 0 unspecified atom stereocenters. The normalized spacial score (nSPS) is 12.6. The monoisotopic (exact) mass is 459 g/mol. The van der Waals surface area contributed by atoms with E-state index in [4.69, 9.17) is 14.7 Å². The van der Waals surface area contributed by atoms with Crippen molar-refractivity contribution in [1.82, 2.24) is 29.7 Å². The fourth-order valence-electron chi connectivity index (χ4n) is 4.17. The number of hydrogen-bond donors (Lipinski definition) is 0. The SMILES string of the molecule is CCCOc1ccnc(-c2nc3c(c(N(C)Cc4ncnn4-c4cccc(F)c4)n2)CCC3)c1. The number of hydrogen-bond acceptors (Lipinski definition) is 7. The van der Waals surface area contributed by atoms with Gasteiger partial charge in [-0.15, -0.1) is 0 Å². The average Bonchev–Trinajstić information content (AvgIpc) is 3.51. The lowest BCUT2D eigenvalue weighted by molar-refractivity contribution is 0.317. The van der Waals surface area contributed by atoms with Crippen LogP contribution in [-0.2, 0) is 19.4 Å². The predicted octanol–water partition coefficient (Wildman–Crippen LogP) is 4.17. The zero-order valence-electron chi connectivity index (χ0n) is 19.3. The lowest BCUT2D eigenvalue weighted by atomic mass is 10.2. The van der Waals surface area contributed by atoms with Gasteiger partial charge in [-0.25, -0.2) is 24.0 Å². The Morgan fingerprint density at radius 1 is 1.12 bits per heavy atom. The molecule has 4 aromatic rings. The van der Waals surface area contributed by atoms with Crippen LogP contribution < -0.4 is 9.64 Å². The van der Waals surface area contributed by atoms with Crippen molar-refractivity contribution >= 4 is 5.82 Å². The number of aryl methyl sites for hydroxylation is 1. The van der Waals surface area contributed by atoms with Crippen molar-refractivity contribution in [3.63, 3.8) is 0 Å². The number of aromatic nitrogens is 6. The highest BCUT2D eigenvalue weighted by molar-refractivity contribution is 5.59. The molecule has 0 bridgehead atoms. The lowest BCUT2D eigenvalue weighted by Crippen LogP contribution is -2.23. The van der Waals surface area contributed by atoms with Gasteiger partial charge in [0, 0.05) is 30.6 Å². The quantitative estimate of drug-likeness (QED) is 0.391. The van der Waals surface area contributed by atoms with Gasteiger partial charge in [0.15, 0.2) is 11.6 Å². The molecule has 0 saturated heterocycles. The molecule has 34 heavy (non-hydrogen) atoms. The van der Waals surface area contributed by atoms with E-state index in [9.17, 15) is 4.39 Å². The number of benzene rings is 1. The largest absolute Gasteiger partial charge is 0.493 e. The molecule has 3 heterocycles. The van der Waals surface area contributed by atoms with Gasteiger partial charge in [0.1, 0.15) is 29.4 Å². The minimum Gasteiger partial charge on any atom is -0.493 e. The third kappa shape index (κ3) is 4.46. The van der Waals surface area contributed by atoms with Crippen LogP contribution >= 0.6 is 0 Å². The van der Waals surface area contributed by atoms with Crippen molar-refractivity contribution in [1.29, 1.82) is 0 Å². The van der Waals surface area contributed by atoms with E-state index in [0.717, 1.165) is 48.5 Å². The summed E-state index contributed by atoms with van der Waals surface area (Å²) >= 11 is 0. The first-order valence-electron chi connectivity index (χ1n) is 11.5. The van der Waals surface area contributed by atoms with Crippen molar-refractivity contribution in [3.05, 3.63) is 71.8 Å². The Morgan fingerprint density at radius 2 is 2.03 bits per heavy atom. The van der Waals surface area contributed by atoms with Crippen molar-refractivity contribution in [2.24, 2.45) is 0 Å². The molecule has 0 radical (unpaired) electrons. The van der Waals surface area contributed by atoms with E-state index in [1.807, 2.05) is 24.1 Å². The van der Waals surface area contributed by atoms with Gasteiger partial charge in [-0.2, -0.15) is 5.10 Å². The van der Waals surface area contributed by atoms with E-state index in [0.29, 0.717) is 36.2 Å². The molecule has 0 atom stereocenters. The predicted molar refractivity (Wildman–Crippen MR) is 126 cm³/mol. The first kappa shape index (κ1) is 21.9. The van der Waals surface area contributed by atoms with Crippen LogP contribution in [0.4, 0.5) is 10.2 Å². The molecule has 9 heteroatoms. The fourth-order valence-corrected chi connectivity index (χ4v) is 4.17. The minimum atomic E-state index is -0.316. The molecule has 8 nitrogen and oxygen atoms in total. The smallest absolute Gasteiger partial charge is 0.180 e. The maximum absolute atomic E-state index is 13.8. The molecule has 1 aromatic carbocycles. The second-order valence-corrected chi connectivity index (χ2v) is 8.30. The molecule has 0 fully saturated rings. The molecule has 0 aliphatic heterocycles. The summed E-state index contributed by atoms with van der Waals surface area (Å²) in [6.45, 7) is 3.17. The fraction of sp³-hybridized carbons (Fsp3) is 0.320. The van der Waals surface area contributed by atoms with Crippen LogP contribution in [0.1, 0.15) is 36.8 Å². The topological polar surface area (TPSA) is 81.9 Å². The maximum Gasteiger partial charge on any atom is 0.180 e. The summed E-state index contributed by atoms with van der Waals surface area (Å²) in [7, 11) is 1.98. The Morgan fingerprint density at radius 3 is 2.88 bits per heavy atom. The first-order valence-corrected chi connectivity index (χ1v) is 11.5. The highest BCUT2D eigenvalue weighted by atomic mass is 19.1. The van der Waals surface area contributed by atoms with Gasteiger partial charge in [0.2, 0.25) is 0 Å². The van der Waals surface area contributed by atoms with E-state index >= 15 is 0 Å². The van der Waals surface area contributed by atoms with Gasteiger partial charge in [0.05, 0.1) is 18.8 Å². The summed E-state index contributed by atoms with van der Waals surface area (Å²) < 4.78 is 21.2. The van der Waals surface area contributed by atoms with Crippen molar-refractivity contribution in [3.8, 4) is 23.0 Å². The van der Waals surface area contributed by atoms with Gasteiger partial charge in [-0.1, -0.05) is 13.0 Å². The molecule has 1 aliphatic carbocycles. The molecule has 1 aliphatic rings. The summed E-state index contributed by atoms with van der Waals surface area (Å²) in [6.07, 6.45) is 7.02. The van der Waals surface area contributed by atoms with Crippen LogP contribution in [0.3, 0.4) is 0 Å². The molecule has 5 rings (SSSR count). The average molecular weight is 460 g/mol. The Balaban J connectivity index is 1.47. The van der Waals surface area contributed by atoms with Gasteiger partial charge in [-0.3, -0.25) is 4.98 Å². The summed E-state index contributed by atoms with van der Waals surface area (Å²) in [5, 5.41) is 4.30. The second kappa shape index (κ2) is 9.54. The number of anilines is 1. The summed E-state index contributed by atoms with van der Waals surface area (Å²) in [5.41, 5.74) is 3.52. The molecular weight excluding hydrogens is 433 g/mol. The van der Waals surface area contributed by atoms with Crippen molar-refractivity contribution in [2.75, 3.05) is 18.6 Å². The van der Waals surface area contributed by atoms with Gasteiger partial charge in [0.25, 0.3) is 0 Å². The third-order valence-corrected chi connectivity index (χ3v) is 5.76. The Kier molecular flexibility index (Phi) is 6.16. The Bertz CT molecular complexity index is 1310. The van der Waals surface area contributed by atoms with Crippen molar-refractivity contribution < 1.29 is 9.13 Å². The van der Waals surface area contributed by atoms with Crippen LogP contribution in [0.25, 0.3) is 17.2 Å². The summed E-state index contributed by atoms with van der Waals surface area (Å²) in [5.74, 6) is 2.56. The number of nitrogens with zero attached hydrogens (tertiary/aromatic N) is 7. The Labute approximate surface area is 197 Å². The second-order valence-electron chi connectivity index (χ2n) is 8.30. The molecular formula is C25H26FN7O. The van der Waals surface area contributed by atoms with Gasteiger partial charge >= 0.3 is 0 Å². The summed E-state index contributed by atoms with van der Waals surface area (Å²) in [4.78, 5) is 20.7. The van der Waals surface area contributed by atoms with Crippen molar-refractivity contribution in [2.45, 2.75) is 39.2 Å². The Hall–Kier alpha value is -3.88. The number of pyridine rings is 1. The number of fused-ring (bicyclic) bond motifs is 1. The zero-order valence-corrected chi connectivity index (χ0v) is 19.3. The number of halogens is 1.